The summed E-state index contributed by atoms with van der Waals surface area (Å²) in [5, 5.41) is 14.5. The van der Waals surface area contributed by atoms with E-state index in [1.807, 2.05) is 11.0 Å². The Morgan fingerprint density at radius 2 is 1.92 bits per heavy atom. The number of aryl methyl sites for hydroxylation is 1. The molecule has 11 nitrogen and oxygen atoms in total. The van der Waals surface area contributed by atoms with Crippen LogP contribution < -0.4 is 15.8 Å². The molecule has 1 saturated heterocycles. The van der Waals surface area contributed by atoms with Crippen molar-refractivity contribution in [2.75, 3.05) is 31.1 Å². The molecule has 1 aromatic carbocycles. The number of carbonyl (C=O) groups excluding carboxylic acids is 2. The van der Waals surface area contributed by atoms with E-state index in [-0.39, 0.29) is 35.6 Å². The molecule has 3 heterocycles. The van der Waals surface area contributed by atoms with Crippen molar-refractivity contribution in [3.8, 4) is 0 Å². The van der Waals surface area contributed by atoms with Crippen molar-refractivity contribution < 1.29 is 14.5 Å². The molecule has 0 spiro atoms. The summed E-state index contributed by atoms with van der Waals surface area (Å²) in [4.78, 5) is 58.8. The van der Waals surface area contributed by atoms with Crippen LogP contribution in [0.4, 0.5) is 11.4 Å². The zero-order valence-electron chi connectivity index (χ0n) is 20.5. The Morgan fingerprint density at radius 1 is 1.19 bits per heavy atom. The molecule has 2 fully saturated rings. The van der Waals surface area contributed by atoms with Crippen molar-refractivity contribution in [2.45, 2.75) is 45.2 Å². The first-order valence-corrected chi connectivity index (χ1v) is 13.2. The van der Waals surface area contributed by atoms with Crippen LogP contribution in [0.3, 0.4) is 0 Å². The zero-order valence-corrected chi connectivity index (χ0v) is 21.3. The fourth-order valence-corrected chi connectivity index (χ4v) is 6.20. The van der Waals surface area contributed by atoms with Gasteiger partial charge in [-0.2, -0.15) is 0 Å². The molecular formula is C25H28N6O5S. The monoisotopic (exact) mass is 524 g/mol. The van der Waals surface area contributed by atoms with Crippen LogP contribution in [0.1, 0.15) is 40.9 Å². The molecule has 2 aliphatic rings. The highest BCUT2D eigenvalue weighted by Crippen LogP contribution is 2.29. The number of anilines is 1. The van der Waals surface area contributed by atoms with Gasteiger partial charge < -0.3 is 15.1 Å². The first kappa shape index (κ1) is 24.9. The topological polar surface area (TPSA) is 131 Å². The van der Waals surface area contributed by atoms with Crippen molar-refractivity contribution in [1.82, 2.24) is 19.8 Å². The number of aromatic nitrogens is 2. The van der Waals surface area contributed by atoms with E-state index in [1.165, 1.54) is 28.3 Å². The van der Waals surface area contributed by atoms with Gasteiger partial charge in [-0.05, 0) is 31.4 Å². The van der Waals surface area contributed by atoms with E-state index in [4.69, 9.17) is 0 Å². The van der Waals surface area contributed by atoms with E-state index in [9.17, 15) is 24.5 Å². The van der Waals surface area contributed by atoms with E-state index in [0.29, 0.717) is 46.8 Å². The number of amides is 2. The molecule has 1 N–H and O–H groups in total. The lowest BCUT2D eigenvalue weighted by Crippen LogP contribution is -2.48. The zero-order chi connectivity index (χ0) is 26.1. The number of nitro groups is 1. The predicted octanol–water partition coefficient (Wildman–Crippen LogP) is 2.70. The average Bonchev–Trinajstić information content (AvgIpc) is 3.53. The third kappa shape index (κ3) is 5.06. The Balaban J connectivity index is 1.29. The maximum atomic E-state index is 13.4. The third-order valence-corrected chi connectivity index (χ3v) is 8.31. The molecule has 2 amide bonds. The Hall–Kier alpha value is -3.80. The summed E-state index contributed by atoms with van der Waals surface area (Å²) < 4.78 is 1.30. The molecule has 0 bridgehead atoms. The maximum Gasteiger partial charge on any atom is 0.271 e. The van der Waals surface area contributed by atoms with Gasteiger partial charge in [-0.25, -0.2) is 4.98 Å². The maximum absolute atomic E-state index is 13.4. The number of nitrogens with zero attached hydrogens (tertiary/aromatic N) is 5. The SMILES string of the molecule is Cc1c(C(=O)N2CCN(c3cccc([N+](=O)[O-])c3)CC2)sc2ncn(CC(=O)NC3CCCC3)c(=O)c12. The van der Waals surface area contributed by atoms with Crippen LogP contribution in [-0.4, -0.2) is 63.4 Å². The molecule has 0 radical (unpaired) electrons. The van der Waals surface area contributed by atoms with Gasteiger partial charge in [-0.15, -0.1) is 11.3 Å². The minimum atomic E-state index is -0.419. The molecule has 1 saturated carbocycles. The number of non-ortho nitro benzene ring substituents is 1. The number of hydrogen-bond acceptors (Lipinski definition) is 8. The summed E-state index contributed by atoms with van der Waals surface area (Å²) in [5.41, 5.74) is 1.04. The first-order valence-electron chi connectivity index (χ1n) is 12.4. The van der Waals surface area contributed by atoms with Gasteiger partial charge in [0, 0.05) is 50.0 Å². The molecule has 0 atom stereocenters. The van der Waals surface area contributed by atoms with Crippen LogP contribution in [0.15, 0.2) is 35.4 Å². The lowest BCUT2D eigenvalue weighted by molar-refractivity contribution is -0.384. The standard InChI is InChI=1S/C25H28N6O5S/c1-16-21-23(26-15-30(24(21)33)14-20(32)27-17-5-2-3-6-17)37-22(16)25(34)29-11-9-28(10-12-29)18-7-4-8-19(13-18)31(35)36/h4,7-8,13,15,17H,2-3,5-6,9-12,14H2,1H3,(H,27,32). The van der Waals surface area contributed by atoms with Gasteiger partial charge in [-0.1, -0.05) is 18.9 Å². The van der Waals surface area contributed by atoms with Gasteiger partial charge in [0.2, 0.25) is 5.91 Å². The Labute approximate surface area is 216 Å². The average molecular weight is 525 g/mol. The summed E-state index contributed by atoms with van der Waals surface area (Å²) in [6.45, 7) is 3.63. The van der Waals surface area contributed by atoms with E-state index in [0.717, 1.165) is 31.4 Å². The van der Waals surface area contributed by atoms with Crippen LogP contribution in [0, 0.1) is 17.0 Å². The normalized spacial score (nSPS) is 16.4. The lowest BCUT2D eigenvalue weighted by Gasteiger charge is -2.36. The van der Waals surface area contributed by atoms with Crippen LogP contribution in [0.5, 0.6) is 0 Å². The van der Waals surface area contributed by atoms with Crippen molar-refractivity contribution in [3.63, 3.8) is 0 Å². The molecule has 1 aliphatic heterocycles. The van der Waals surface area contributed by atoms with E-state index in [1.54, 1.807) is 24.0 Å². The van der Waals surface area contributed by atoms with Gasteiger partial charge in [0.1, 0.15) is 11.4 Å². The van der Waals surface area contributed by atoms with Crippen LogP contribution >= 0.6 is 11.3 Å². The molecule has 37 heavy (non-hydrogen) atoms. The highest BCUT2D eigenvalue weighted by atomic mass is 32.1. The van der Waals surface area contributed by atoms with Crippen molar-refractivity contribution >= 4 is 44.7 Å². The third-order valence-electron chi connectivity index (χ3n) is 7.12. The number of nitro benzene ring substituents is 1. The Morgan fingerprint density at radius 3 is 2.62 bits per heavy atom. The van der Waals surface area contributed by atoms with Gasteiger partial charge in [0.15, 0.2) is 0 Å². The van der Waals surface area contributed by atoms with Gasteiger partial charge >= 0.3 is 0 Å². The summed E-state index contributed by atoms with van der Waals surface area (Å²) in [6.07, 6.45) is 5.51. The number of hydrogen-bond donors (Lipinski definition) is 1. The predicted molar refractivity (Wildman–Crippen MR) is 140 cm³/mol. The van der Waals surface area contributed by atoms with Crippen molar-refractivity contribution in [3.05, 3.63) is 61.5 Å². The minimum absolute atomic E-state index is 0.0334. The van der Waals surface area contributed by atoms with Crippen LogP contribution in [-0.2, 0) is 11.3 Å². The van der Waals surface area contributed by atoms with Crippen LogP contribution in [0.2, 0.25) is 0 Å². The molecular weight excluding hydrogens is 496 g/mol. The molecule has 2 aromatic heterocycles. The summed E-state index contributed by atoms with van der Waals surface area (Å²) >= 11 is 1.19. The van der Waals surface area contributed by atoms with Crippen molar-refractivity contribution in [1.29, 1.82) is 0 Å². The summed E-state index contributed by atoms with van der Waals surface area (Å²) in [6, 6.07) is 6.65. The number of fused-ring (bicyclic) bond motifs is 1. The molecule has 194 valence electrons. The fourth-order valence-electron chi connectivity index (χ4n) is 5.09. The number of benzene rings is 1. The largest absolute Gasteiger partial charge is 0.368 e. The smallest absolute Gasteiger partial charge is 0.271 e. The lowest BCUT2D eigenvalue weighted by atomic mass is 10.2. The van der Waals surface area contributed by atoms with Gasteiger partial charge in [0.25, 0.3) is 17.2 Å². The van der Waals surface area contributed by atoms with Gasteiger partial charge in [-0.3, -0.25) is 29.1 Å². The second kappa shape index (κ2) is 10.3. The van der Waals surface area contributed by atoms with Gasteiger partial charge in [0.05, 0.1) is 21.5 Å². The van der Waals surface area contributed by atoms with E-state index in [2.05, 4.69) is 10.3 Å². The number of rotatable bonds is 6. The highest BCUT2D eigenvalue weighted by molar-refractivity contribution is 7.20. The second-order valence-electron chi connectivity index (χ2n) is 9.52. The molecule has 5 rings (SSSR count). The number of nitrogens with one attached hydrogen (secondary N) is 1. The number of piperazine rings is 1. The molecule has 12 heteroatoms. The first-order chi connectivity index (χ1) is 17.8. The highest BCUT2D eigenvalue weighted by Gasteiger charge is 2.27. The summed E-state index contributed by atoms with van der Waals surface area (Å²) in [7, 11) is 0. The number of carbonyl (C=O) groups is 2. The van der Waals surface area contributed by atoms with Crippen LogP contribution in [0.25, 0.3) is 10.2 Å². The Bertz CT molecular complexity index is 1420. The number of thiophene rings is 1. The second-order valence-corrected chi connectivity index (χ2v) is 10.5. The molecule has 1 aliphatic carbocycles. The summed E-state index contributed by atoms with van der Waals surface area (Å²) in [5.74, 6) is -0.370. The quantitative estimate of drug-likeness (QED) is 0.387. The Kier molecular flexibility index (Phi) is 6.92. The molecule has 3 aromatic rings. The molecule has 0 unspecified atom stereocenters. The fraction of sp³-hybridized carbons (Fsp3) is 0.440. The van der Waals surface area contributed by atoms with E-state index >= 15 is 0 Å². The van der Waals surface area contributed by atoms with E-state index < -0.39 is 4.92 Å². The minimum Gasteiger partial charge on any atom is -0.368 e. The van der Waals surface area contributed by atoms with Crippen molar-refractivity contribution in [2.24, 2.45) is 0 Å².